The van der Waals surface area contributed by atoms with Crippen LogP contribution in [0.4, 0.5) is 4.79 Å². The SMILES string of the molecule is COc1cc2nc(-c3ccccc3)nc(OC3CC4C(=O)NC(C(=O)O)CCC=CCCCCN(C)C(=O)[N+]4C3)c2cc1C. The van der Waals surface area contributed by atoms with Gasteiger partial charge in [0, 0.05) is 25.2 Å². The summed E-state index contributed by atoms with van der Waals surface area (Å²) in [7, 11) is 3.33. The summed E-state index contributed by atoms with van der Waals surface area (Å²) in [6.07, 6.45) is 6.94. The van der Waals surface area contributed by atoms with E-state index in [1.165, 1.54) is 4.90 Å². The molecule has 3 unspecified atom stereocenters. The summed E-state index contributed by atoms with van der Waals surface area (Å²) in [5, 5.41) is 13.2. The highest BCUT2D eigenvalue weighted by Crippen LogP contribution is 2.33. The average Bonchev–Trinajstić information content (AvgIpc) is 3.44. The smallest absolute Gasteiger partial charge is 0.467 e. The van der Waals surface area contributed by atoms with Gasteiger partial charge in [0.05, 0.1) is 24.4 Å². The number of hydrogen-bond donors (Lipinski definition) is 2. The van der Waals surface area contributed by atoms with Crippen LogP contribution in [0.25, 0.3) is 22.3 Å². The zero-order valence-electron chi connectivity index (χ0n) is 25.4. The molecule has 1 aromatic heterocycles. The van der Waals surface area contributed by atoms with Gasteiger partial charge in [-0.3, -0.25) is 9.69 Å². The molecule has 0 spiro atoms. The molecule has 44 heavy (non-hydrogen) atoms. The number of nitrogens with one attached hydrogen (secondary N) is 1. The van der Waals surface area contributed by atoms with E-state index >= 15 is 0 Å². The Morgan fingerprint density at radius 2 is 1.86 bits per heavy atom. The highest BCUT2D eigenvalue weighted by atomic mass is 16.5. The summed E-state index contributed by atoms with van der Waals surface area (Å²) in [5.41, 5.74) is 2.32. The maximum Gasteiger partial charge on any atom is 0.467 e. The van der Waals surface area contributed by atoms with Crippen LogP contribution in [-0.2, 0) is 9.59 Å². The standard InChI is InChI=1S/C33H39N5O6/c1-21-17-24-26(19-28(21)43-3)34-29(22-13-9-8-10-14-22)36-31(24)44-23-18-27-30(39)35-25(32(40)41)15-11-6-4-5-7-12-16-37(2)33(42)38(27)20-23/h4,6,8-10,13-14,17,19,23,25,27H,5,7,11-12,15-16,18,20H2,1-3H3,(H,35,39)(H,40,41)/q+1. The molecule has 2 aliphatic rings. The van der Waals surface area contributed by atoms with Gasteiger partial charge in [-0.2, -0.15) is 4.98 Å². The van der Waals surface area contributed by atoms with Gasteiger partial charge in [-0.05, 0) is 50.7 Å². The van der Waals surface area contributed by atoms with Crippen LogP contribution in [-0.4, -0.2) is 83.3 Å². The molecule has 5 rings (SSSR count). The minimum absolute atomic E-state index is 0.141. The molecule has 0 bridgehead atoms. The largest absolute Gasteiger partial charge is 0.496 e. The normalized spacial score (nSPS) is 22.2. The van der Waals surface area contributed by atoms with E-state index in [1.807, 2.05) is 61.5 Å². The predicted molar refractivity (Wildman–Crippen MR) is 166 cm³/mol. The zero-order chi connectivity index (χ0) is 31.2. The number of amides is 3. The molecular formula is C33H39N5O6+. The van der Waals surface area contributed by atoms with Crippen molar-refractivity contribution < 1.29 is 29.0 Å². The summed E-state index contributed by atoms with van der Waals surface area (Å²) >= 11 is 0. The molecule has 3 amide bonds. The van der Waals surface area contributed by atoms with Crippen molar-refractivity contribution in [1.29, 1.82) is 0 Å². The molecule has 3 heterocycles. The highest BCUT2D eigenvalue weighted by Gasteiger charge is 2.52. The van der Waals surface area contributed by atoms with Crippen molar-refractivity contribution in [2.45, 2.75) is 63.6 Å². The second kappa shape index (κ2) is 13.9. The van der Waals surface area contributed by atoms with E-state index in [-0.39, 0.29) is 25.4 Å². The Kier molecular flexibility index (Phi) is 9.74. The van der Waals surface area contributed by atoms with E-state index in [9.17, 15) is 19.5 Å². The second-order valence-corrected chi connectivity index (χ2v) is 11.3. The van der Waals surface area contributed by atoms with Gasteiger partial charge in [-0.25, -0.2) is 14.6 Å². The number of aliphatic carboxylic acids is 1. The third-order valence-corrected chi connectivity index (χ3v) is 8.14. The number of carbonyl (C=O) groups excluding carboxylic acids is 2. The molecule has 231 valence electrons. The van der Waals surface area contributed by atoms with E-state index < -0.39 is 30.1 Å². The van der Waals surface area contributed by atoms with Crippen LogP contribution in [0.2, 0.25) is 0 Å². The average molecular weight is 602 g/mol. The number of urea groups is 1. The lowest BCUT2D eigenvalue weighted by Crippen LogP contribution is -2.56. The molecule has 11 heteroatoms. The van der Waals surface area contributed by atoms with E-state index in [2.05, 4.69) is 5.32 Å². The molecule has 11 nitrogen and oxygen atoms in total. The molecule has 0 saturated carbocycles. The fourth-order valence-electron chi connectivity index (χ4n) is 5.71. The van der Waals surface area contributed by atoms with Crippen molar-refractivity contribution in [1.82, 2.24) is 25.1 Å². The summed E-state index contributed by atoms with van der Waals surface area (Å²) in [4.78, 5) is 51.9. The van der Waals surface area contributed by atoms with E-state index in [0.717, 1.165) is 30.4 Å². The van der Waals surface area contributed by atoms with Gasteiger partial charge in [-0.1, -0.05) is 47.4 Å². The number of aromatic nitrogens is 2. The van der Waals surface area contributed by atoms with Gasteiger partial charge in [0.15, 0.2) is 18.5 Å². The van der Waals surface area contributed by atoms with Crippen molar-refractivity contribution in [2.24, 2.45) is 0 Å². The maximum atomic E-state index is 13.6. The molecule has 2 aromatic carbocycles. The molecular weight excluding hydrogens is 562 g/mol. The maximum absolute atomic E-state index is 13.6. The number of carboxylic acids is 1. The number of rotatable bonds is 5. The monoisotopic (exact) mass is 601 g/mol. The third-order valence-electron chi connectivity index (χ3n) is 8.14. The van der Waals surface area contributed by atoms with Crippen molar-refractivity contribution in [2.75, 3.05) is 27.2 Å². The first-order valence-electron chi connectivity index (χ1n) is 15.0. The van der Waals surface area contributed by atoms with Crippen LogP contribution >= 0.6 is 0 Å². The van der Waals surface area contributed by atoms with Crippen LogP contribution in [0.3, 0.4) is 0 Å². The van der Waals surface area contributed by atoms with Crippen molar-refractivity contribution in [3.8, 4) is 23.0 Å². The Bertz CT molecular complexity index is 1540. The van der Waals surface area contributed by atoms with Crippen molar-refractivity contribution in [3.05, 3.63) is 60.2 Å². The number of allylic oxidation sites excluding steroid dienone is 2. The van der Waals surface area contributed by atoms with Crippen LogP contribution in [0.5, 0.6) is 11.6 Å². The number of nitrogens with zero attached hydrogens (tertiary/aromatic N) is 4. The minimum Gasteiger partial charge on any atom is -0.496 e. The first kappa shape index (κ1) is 30.9. The molecule has 3 atom stereocenters. The van der Waals surface area contributed by atoms with Gasteiger partial charge < -0.3 is 19.9 Å². The number of aryl methyl sites for hydroxylation is 1. The topological polar surface area (TPSA) is 137 Å². The first-order chi connectivity index (χ1) is 21.2. The Balaban J connectivity index is 1.48. The van der Waals surface area contributed by atoms with Crippen molar-refractivity contribution in [3.63, 3.8) is 0 Å². The van der Waals surface area contributed by atoms with E-state index in [4.69, 9.17) is 19.4 Å². The van der Waals surface area contributed by atoms with Crippen LogP contribution in [0, 0.1) is 6.92 Å². The first-order valence-corrected chi connectivity index (χ1v) is 15.0. The van der Waals surface area contributed by atoms with Gasteiger partial charge in [0.2, 0.25) is 11.9 Å². The molecule has 1 fully saturated rings. The lowest BCUT2D eigenvalue weighted by atomic mass is 10.1. The number of hydrogen-bond acceptors (Lipinski definition) is 7. The van der Waals surface area contributed by atoms with Crippen LogP contribution < -0.4 is 19.7 Å². The fourth-order valence-corrected chi connectivity index (χ4v) is 5.71. The third kappa shape index (κ3) is 6.99. The molecule has 2 N–H and O–H groups in total. The number of carbonyl (C=O) groups is 3. The Hall–Kier alpha value is -4.51. The van der Waals surface area contributed by atoms with Crippen LogP contribution in [0.15, 0.2) is 54.6 Å². The lowest BCUT2D eigenvalue weighted by Gasteiger charge is -2.20. The Morgan fingerprint density at radius 3 is 2.61 bits per heavy atom. The quantitative estimate of drug-likeness (QED) is 0.324. The van der Waals surface area contributed by atoms with Gasteiger partial charge in [0.25, 0.3) is 5.91 Å². The highest BCUT2D eigenvalue weighted by molar-refractivity contribution is 5.92. The number of ether oxygens (including phenoxy) is 2. The Labute approximate surface area is 256 Å². The summed E-state index contributed by atoms with van der Waals surface area (Å²) in [6, 6.07) is 11.0. The molecule has 3 aromatic rings. The van der Waals surface area contributed by atoms with Gasteiger partial charge in [0.1, 0.15) is 11.8 Å². The second-order valence-electron chi connectivity index (χ2n) is 11.3. The Morgan fingerprint density at radius 1 is 1.09 bits per heavy atom. The predicted octanol–water partition coefficient (Wildman–Crippen LogP) is 4.42. The molecule has 1 radical (unpaired) electrons. The number of benzene rings is 2. The molecule has 0 aliphatic carbocycles. The minimum atomic E-state index is -1.11. The lowest BCUT2D eigenvalue weighted by molar-refractivity contribution is -0.142. The number of fused-ring (bicyclic) bond motifs is 2. The van der Waals surface area contributed by atoms with Gasteiger partial charge >= 0.3 is 12.0 Å². The van der Waals surface area contributed by atoms with Gasteiger partial charge in [-0.15, -0.1) is 0 Å². The molecule has 2 aliphatic heterocycles. The fraction of sp³-hybridized carbons (Fsp3) is 0.424. The van der Waals surface area contributed by atoms with Crippen LogP contribution in [0.1, 0.15) is 44.1 Å². The van der Waals surface area contributed by atoms with E-state index in [0.29, 0.717) is 41.3 Å². The van der Waals surface area contributed by atoms with E-state index in [1.54, 1.807) is 19.1 Å². The van der Waals surface area contributed by atoms with Crippen molar-refractivity contribution >= 4 is 28.8 Å². The molecule has 1 saturated heterocycles. The summed E-state index contributed by atoms with van der Waals surface area (Å²) in [6.45, 7) is 2.60. The number of methoxy groups -OCH3 is 1. The summed E-state index contributed by atoms with van der Waals surface area (Å²) in [5.74, 6) is -0.130. The summed E-state index contributed by atoms with van der Waals surface area (Å²) < 4.78 is 12.1. The number of carboxylic acid groups (broad SMARTS) is 1. The zero-order valence-corrected chi connectivity index (χ0v) is 25.4.